The fraction of sp³-hybridized carbons (Fsp3) is 0.824. The third kappa shape index (κ3) is 12.7. The number of primary amides is 1. The molecule has 1 saturated carbocycles. The molecule has 1 radical (unpaired) electrons. The summed E-state index contributed by atoms with van der Waals surface area (Å²) < 4.78 is 0. The summed E-state index contributed by atoms with van der Waals surface area (Å²) in [7, 11) is 0. The predicted octanol–water partition coefficient (Wildman–Crippen LogP) is 3.26. The first kappa shape index (κ1) is 42.4. The summed E-state index contributed by atoms with van der Waals surface area (Å²) in [6.07, 6.45) is 7.79. The van der Waals surface area contributed by atoms with Crippen LogP contribution in [-0.2, 0) is 42.5 Å². The molecule has 12 nitrogen and oxygen atoms in total. The van der Waals surface area contributed by atoms with Crippen LogP contribution in [0.5, 0.6) is 0 Å². The van der Waals surface area contributed by atoms with Gasteiger partial charge in [0.2, 0.25) is 23.5 Å². The van der Waals surface area contributed by atoms with Crippen molar-refractivity contribution in [2.24, 2.45) is 22.5 Å². The first-order valence-electron chi connectivity index (χ1n) is 17.2. The SMILES string of the molecule is CC(C)(C)[C@H](NC(=O)N[C@H](CN1CCCCC1=O)C(C)(C)C)C(=O)N1CCC[C@H]1C(=O)NC(CC1CCC1)C(=O)C(N)=O.CCC.[V]. The Morgan fingerprint density at radius 2 is 1.47 bits per heavy atom. The zero-order valence-corrected chi connectivity index (χ0v) is 31.3. The molecule has 0 bridgehead atoms. The number of ketones is 1. The van der Waals surface area contributed by atoms with Crippen LogP contribution in [0.15, 0.2) is 0 Å². The molecule has 0 aromatic rings. The molecule has 2 saturated heterocycles. The van der Waals surface area contributed by atoms with Crippen LogP contribution in [0.4, 0.5) is 4.79 Å². The third-order valence-corrected chi connectivity index (χ3v) is 9.07. The van der Waals surface area contributed by atoms with E-state index in [4.69, 9.17) is 5.73 Å². The molecule has 3 rings (SSSR count). The van der Waals surface area contributed by atoms with Crippen molar-refractivity contribution in [3.63, 3.8) is 0 Å². The Kier molecular flexibility index (Phi) is 17.0. The number of likely N-dealkylation sites (tertiary alicyclic amines) is 2. The quantitative estimate of drug-likeness (QED) is 0.241. The van der Waals surface area contributed by atoms with Gasteiger partial charge in [0.1, 0.15) is 12.1 Å². The van der Waals surface area contributed by atoms with Crippen LogP contribution in [0, 0.1) is 16.7 Å². The molecule has 3 fully saturated rings. The van der Waals surface area contributed by atoms with Crippen LogP contribution in [0.3, 0.4) is 0 Å². The first-order chi connectivity index (χ1) is 21.4. The van der Waals surface area contributed by atoms with E-state index >= 15 is 0 Å². The third-order valence-electron chi connectivity index (χ3n) is 9.07. The van der Waals surface area contributed by atoms with Crippen LogP contribution < -0.4 is 21.7 Å². The average Bonchev–Trinajstić information content (AvgIpc) is 3.42. The fourth-order valence-electron chi connectivity index (χ4n) is 5.99. The summed E-state index contributed by atoms with van der Waals surface area (Å²) in [6.45, 7) is 17.1. The maximum atomic E-state index is 14.0. The molecule has 4 atom stereocenters. The Morgan fingerprint density at radius 1 is 0.851 bits per heavy atom. The van der Waals surface area contributed by atoms with E-state index in [9.17, 15) is 28.8 Å². The minimum atomic E-state index is -1.09. The van der Waals surface area contributed by atoms with Gasteiger partial charge in [-0.2, -0.15) is 0 Å². The molecule has 13 heteroatoms. The van der Waals surface area contributed by atoms with Gasteiger partial charge in [-0.05, 0) is 48.9 Å². The molecular weight excluding hydrogens is 639 g/mol. The standard InChI is InChI=1S/C31H52N6O6.C3H8.V/c1-30(2,3)22(18-36-15-8-7-14-23(36)38)34-29(43)35-25(31(4,5)6)28(42)37-16-10-13-21(37)27(41)33-20(24(39)26(32)40)17-19-11-9-12-19;1-3-2;/h19-22,25H,7-18H2,1-6H3,(H2,32,40)(H,33,41)(H2,34,35,43);3H2,1-2H3;/t20?,21-,22+,25+;;/m0../s1. The number of rotatable bonds is 11. The molecule has 5 N–H and O–H groups in total. The van der Waals surface area contributed by atoms with Gasteiger partial charge in [0.05, 0.1) is 12.1 Å². The maximum Gasteiger partial charge on any atom is 0.315 e. The average molecular weight is 700 g/mol. The number of Topliss-reactive ketones (excluding diaryl/α,β-unsaturated/α-hetero) is 1. The smallest absolute Gasteiger partial charge is 0.315 e. The molecule has 6 amide bonds. The monoisotopic (exact) mass is 699 g/mol. The van der Waals surface area contributed by atoms with Gasteiger partial charge in [-0.25, -0.2) is 4.79 Å². The molecule has 47 heavy (non-hydrogen) atoms. The number of nitrogens with two attached hydrogens (primary N) is 1. The molecule has 267 valence electrons. The van der Waals surface area contributed by atoms with Gasteiger partial charge in [0.15, 0.2) is 0 Å². The first-order valence-corrected chi connectivity index (χ1v) is 17.2. The van der Waals surface area contributed by atoms with Gasteiger partial charge in [-0.3, -0.25) is 24.0 Å². The van der Waals surface area contributed by atoms with E-state index in [2.05, 4.69) is 29.8 Å². The number of nitrogens with zero attached hydrogens (tertiary/aromatic N) is 2. The molecule has 0 aromatic carbocycles. The fourth-order valence-corrected chi connectivity index (χ4v) is 5.99. The van der Waals surface area contributed by atoms with Gasteiger partial charge in [0.25, 0.3) is 5.91 Å². The number of carbonyl (C=O) groups is 6. The normalized spacial score (nSPS) is 20.3. The number of amides is 6. The van der Waals surface area contributed by atoms with Gasteiger partial charge in [-0.1, -0.05) is 81.1 Å². The van der Waals surface area contributed by atoms with Crippen LogP contribution in [0.1, 0.15) is 120 Å². The van der Waals surface area contributed by atoms with Crippen molar-refractivity contribution >= 4 is 35.4 Å². The van der Waals surface area contributed by atoms with Crippen LogP contribution >= 0.6 is 0 Å². The zero-order chi connectivity index (χ0) is 34.8. The summed E-state index contributed by atoms with van der Waals surface area (Å²) in [5.41, 5.74) is 4.22. The number of piperidine rings is 1. The van der Waals surface area contributed by atoms with Crippen molar-refractivity contribution in [2.45, 2.75) is 144 Å². The molecule has 1 aliphatic carbocycles. The second-order valence-electron chi connectivity index (χ2n) is 15.4. The molecule has 2 heterocycles. The summed E-state index contributed by atoms with van der Waals surface area (Å²) in [5, 5.41) is 8.59. The van der Waals surface area contributed by atoms with Gasteiger partial charge in [0, 0.05) is 44.6 Å². The number of hydrogen-bond acceptors (Lipinski definition) is 6. The van der Waals surface area contributed by atoms with Crippen molar-refractivity contribution in [2.75, 3.05) is 19.6 Å². The Bertz CT molecular complexity index is 1100. The van der Waals surface area contributed by atoms with E-state index in [1.54, 1.807) is 4.90 Å². The van der Waals surface area contributed by atoms with Gasteiger partial charge < -0.3 is 31.5 Å². The van der Waals surface area contributed by atoms with Crippen molar-refractivity contribution in [1.82, 2.24) is 25.8 Å². The second kappa shape index (κ2) is 18.8. The van der Waals surface area contributed by atoms with Crippen LogP contribution in [0.2, 0.25) is 0 Å². The Morgan fingerprint density at radius 3 is 1.96 bits per heavy atom. The molecule has 0 aromatic heterocycles. The molecular formula is C34H60N6O6V. The predicted molar refractivity (Wildman–Crippen MR) is 177 cm³/mol. The number of carbonyl (C=O) groups excluding carboxylic acids is 6. The van der Waals surface area contributed by atoms with Crippen molar-refractivity contribution in [3.8, 4) is 0 Å². The Balaban J connectivity index is 0.00000265. The van der Waals surface area contributed by atoms with E-state index in [0.29, 0.717) is 45.3 Å². The van der Waals surface area contributed by atoms with E-state index < -0.39 is 53.1 Å². The van der Waals surface area contributed by atoms with E-state index in [0.717, 1.165) is 32.1 Å². The summed E-state index contributed by atoms with van der Waals surface area (Å²) >= 11 is 0. The largest absolute Gasteiger partial charge is 0.363 e. The number of hydrogen-bond donors (Lipinski definition) is 4. The van der Waals surface area contributed by atoms with Crippen LogP contribution in [-0.4, -0.2) is 89.0 Å². The van der Waals surface area contributed by atoms with Crippen molar-refractivity contribution in [1.29, 1.82) is 0 Å². The topological polar surface area (TPSA) is 171 Å². The Hall–Kier alpha value is -2.60. The molecule has 0 spiro atoms. The van der Waals surface area contributed by atoms with Crippen molar-refractivity contribution in [3.05, 3.63) is 0 Å². The molecule has 2 aliphatic heterocycles. The van der Waals surface area contributed by atoms with Gasteiger partial charge in [-0.15, -0.1) is 0 Å². The van der Waals surface area contributed by atoms with Crippen molar-refractivity contribution < 1.29 is 47.3 Å². The van der Waals surface area contributed by atoms with E-state index in [1.807, 2.05) is 41.5 Å². The minimum Gasteiger partial charge on any atom is -0.363 e. The second-order valence-corrected chi connectivity index (χ2v) is 15.4. The van der Waals surface area contributed by atoms with Crippen LogP contribution in [0.25, 0.3) is 0 Å². The molecule has 1 unspecified atom stereocenters. The van der Waals surface area contributed by atoms with E-state index in [-0.39, 0.29) is 41.8 Å². The summed E-state index contributed by atoms with van der Waals surface area (Å²) in [4.78, 5) is 80.6. The van der Waals surface area contributed by atoms with Gasteiger partial charge >= 0.3 is 6.03 Å². The zero-order valence-electron chi connectivity index (χ0n) is 29.9. The van der Waals surface area contributed by atoms with E-state index in [1.165, 1.54) is 11.3 Å². The molecule has 3 aliphatic rings. The Labute approximate surface area is 293 Å². The summed E-state index contributed by atoms with van der Waals surface area (Å²) in [5.74, 6) is -2.49. The number of urea groups is 1. The minimum absolute atomic E-state index is 0. The summed E-state index contributed by atoms with van der Waals surface area (Å²) in [6, 6.07) is -3.68. The maximum absolute atomic E-state index is 14.0. The number of nitrogens with one attached hydrogen (secondary N) is 3.